The zero-order valence-corrected chi connectivity index (χ0v) is 7.31. The molecule has 0 unspecified atom stereocenters. The monoisotopic (exact) mass is 203 g/mol. The lowest BCUT2D eigenvalue weighted by Crippen LogP contribution is -2.06. The van der Waals surface area contributed by atoms with Gasteiger partial charge in [0.25, 0.3) is 0 Å². The van der Waals surface area contributed by atoms with E-state index in [1.807, 2.05) is 0 Å². The van der Waals surface area contributed by atoms with E-state index in [9.17, 15) is 13.2 Å². The number of hydrogen-bond donors (Lipinski definition) is 2. The molecule has 1 aromatic rings. The fourth-order valence-electron chi connectivity index (χ4n) is 0.991. The van der Waals surface area contributed by atoms with Crippen LogP contribution in [0, 0.1) is 5.41 Å². The molecule has 0 bridgehead atoms. The number of phenolic OH excluding ortho intramolecular Hbond substituents is 1. The van der Waals surface area contributed by atoms with Crippen molar-refractivity contribution in [1.29, 1.82) is 5.41 Å². The van der Waals surface area contributed by atoms with Gasteiger partial charge < -0.3 is 10.5 Å². The molecule has 76 valence electrons. The molecule has 0 fully saturated rings. The highest BCUT2D eigenvalue weighted by Crippen LogP contribution is 2.32. The SMILES string of the molecule is CC(=N)c1cc(O)cc(C(F)(F)F)c1. The molecule has 0 aromatic heterocycles. The standard InChI is InChI=1S/C9H8F3NO/c1-5(13)6-2-7(9(10,11)12)4-8(14)3-6/h2-4,13-14H,1H3. The van der Waals surface area contributed by atoms with Crippen molar-refractivity contribution in [2.75, 3.05) is 0 Å². The minimum Gasteiger partial charge on any atom is -0.508 e. The Hall–Kier alpha value is -1.52. The summed E-state index contributed by atoms with van der Waals surface area (Å²) in [5, 5.41) is 16.2. The third-order valence-corrected chi connectivity index (χ3v) is 1.68. The summed E-state index contributed by atoms with van der Waals surface area (Å²) in [6.07, 6.45) is -4.50. The van der Waals surface area contributed by atoms with E-state index in [-0.39, 0.29) is 11.3 Å². The van der Waals surface area contributed by atoms with Gasteiger partial charge in [-0.2, -0.15) is 13.2 Å². The molecular formula is C9H8F3NO. The molecule has 1 aromatic carbocycles. The minimum atomic E-state index is -4.50. The summed E-state index contributed by atoms with van der Waals surface area (Å²) in [7, 11) is 0. The van der Waals surface area contributed by atoms with Crippen molar-refractivity contribution in [3.8, 4) is 5.75 Å². The van der Waals surface area contributed by atoms with Crippen molar-refractivity contribution < 1.29 is 18.3 Å². The Morgan fingerprint density at radius 3 is 2.29 bits per heavy atom. The average Bonchev–Trinajstić information content (AvgIpc) is 2.01. The molecule has 0 saturated carbocycles. The molecule has 0 amide bonds. The molecule has 1 rings (SSSR count). The summed E-state index contributed by atoms with van der Waals surface area (Å²) >= 11 is 0. The van der Waals surface area contributed by atoms with E-state index in [1.165, 1.54) is 6.92 Å². The normalized spacial score (nSPS) is 11.4. The fourth-order valence-corrected chi connectivity index (χ4v) is 0.991. The average molecular weight is 203 g/mol. The number of alkyl halides is 3. The summed E-state index contributed by atoms with van der Waals surface area (Å²) in [6, 6.07) is 2.59. The van der Waals surface area contributed by atoms with E-state index in [1.54, 1.807) is 0 Å². The van der Waals surface area contributed by atoms with Gasteiger partial charge in [-0.3, -0.25) is 0 Å². The molecule has 0 heterocycles. The third-order valence-electron chi connectivity index (χ3n) is 1.68. The van der Waals surface area contributed by atoms with Gasteiger partial charge in [0.05, 0.1) is 5.56 Å². The number of benzene rings is 1. The number of phenols is 1. The first kappa shape index (κ1) is 10.6. The first-order valence-corrected chi connectivity index (χ1v) is 3.77. The van der Waals surface area contributed by atoms with Crippen LogP contribution in [0.3, 0.4) is 0 Å². The van der Waals surface area contributed by atoms with Crippen LogP contribution >= 0.6 is 0 Å². The number of rotatable bonds is 1. The van der Waals surface area contributed by atoms with Crippen molar-refractivity contribution in [3.05, 3.63) is 29.3 Å². The van der Waals surface area contributed by atoms with Gasteiger partial charge in [-0.05, 0) is 30.7 Å². The summed E-state index contributed by atoms with van der Waals surface area (Å²) < 4.78 is 36.7. The maximum Gasteiger partial charge on any atom is 0.416 e. The Bertz CT molecular complexity index is 371. The van der Waals surface area contributed by atoms with Crippen LogP contribution in [0.5, 0.6) is 5.75 Å². The molecular weight excluding hydrogens is 195 g/mol. The zero-order valence-electron chi connectivity index (χ0n) is 7.31. The van der Waals surface area contributed by atoms with Crippen molar-refractivity contribution in [3.63, 3.8) is 0 Å². The van der Waals surface area contributed by atoms with Gasteiger partial charge in [0.15, 0.2) is 0 Å². The van der Waals surface area contributed by atoms with Gasteiger partial charge in [0, 0.05) is 5.71 Å². The molecule has 0 aliphatic rings. The van der Waals surface area contributed by atoms with Gasteiger partial charge in [-0.1, -0.05) is 0 Å². The Labute approximate surface area is 78.5 Å². The number of nitrogens with one attached hydrogen (secondary N) is 1. The lowest BCUT2D eigenvalue weighted by atomic mass is 10.1. The first-order valence-electron chi connectivity index (χ1n) is 3.77. The number of aromatic hydroxyl groups is 1. The third kappa shape index (κ3) is 2.25. The second kappa shape index (κ2) is 3.32. The van der Waals surface area contributed by atoms with Crippen LogP contribution in [0.1, 0.15) is 18.1 Å². The van der Waals surface area contributed by atoms with E-state index >= 15 is 0 Å². The van der Waals surface area contributed by atoms with Gasteiger partial charge in [-0.15, -0.1) is 0 Å². The van der Waals surface area contributed by atoms with Crippen LogP contribution in [-0.4, -0.2) is 10.8 Å². The van der Waals surface area contributed by atoms with Crippen molar-refractivity contribution in [1.82, 2.24) is 0 Å². The molecule has 0 aliphatic carbocycles. The topological polar surface area (TPSA) is 44.1 Å². The second-order valence-electron chi connectivity index (χ2n) is 2.89. The smallest absolute Gasteiger partial charge is 0.416 e. The lowest BCUT2D eigenvalue weighted by molar-refractivity contribution is -0.137. The molecule has 14 heavy (non-hydrogen) atoms. The van der Waals surface area contributed by atoms with Crippen LogP contribution in [0.15, 0.2) is 18.2 Å². The highest BCUT2D eigenvalue weighted by Gasteiger charge is 2.31. The van der Waals surface area contributed by atoms with Crippen molar-refractivity contribution >= 4 is 5.71 Å². The number of halogens is 3. The minimum absolute atomic E-state index is 0.0219. The van der Waals surface area contributed by atoms with Gasteiger partial charge in [0.2, 0.25) is 0 Å². The van der Waals surface area contributed by atoms with E-state index in [0.717, 1.165) is 12.1 Å². The van der Waals surface area contributed by atoms with Crippen molar-refractivity contribution in [2.45, 2.75) is 13.1 Å². The number of hydrogen-bond acceptors (Lipinski definition) is 2. The van der Waals surface area contributed by atoms with Crippen LogP contribution in [0.2, 0.25) is 0 Å². The fraction of sp³-hybridized carbons (Fsp3) is 0.222. The summed E-state index contributed by atoms with van der Waals surface area (Å²) in [4.78, 5) is 0. The van der Waals surface area contributed by atoms with Gasteiger partial charge in [0.1, 0.15) is 5.75 Å². The molecule has 2 nitrogen and oxygen atoms in total. The molecule has 2 N–H and O–H groups in total. The first-order chi connectivity index (χ1) is 6.30. The zero-order chi connectivity index (χ0) is 10.9. The van der Waals surface area contributed by atoms with Gasteiger partial charge in [-0.25, -0.2) is 0 Å². The predicted octanol–water partition coefficient (Wildman–Crippen LogP) is 2.80. The van der Waals surface area contributed by atoms with E-state index in [2.05, 4.69) is 0 Å². The Balaban J connectivity index is 3.28. The van der Waals surface area contributed by atoms with Crippen LogP contribution in [-0.2, 0) is 6.18 Å². The Kier molecular flexibility index (Phi) is 2.51. The Morgan fingerprint density at radius 1 is 1.29 bits per heavy atom. The maximum atomic E-state index is 12.2. The van der Waals surface area contributed by atoms with E-state index < -0.39 is 17.5 Å². The van der Waals surface area contributed by atoms with Crippen molar-refractivity contribution in [2.24, 2.45) is 0 Å². The highest BCUT2D eigenvalue weighted by molar-refractivity contribution is 5.96. The maximum absolute atomic E-state index is 12.2. The molecule has 0 radical (unpaired) electrons. The summed E-state index contributed by atoms with van der Waals surface area (Å²) in [5.41, 5.74) is -0.900. The predicted molar refractivity (Wildman–Crippen MR) is 45.6 cm³/mol. The second-order valence-corrected chi connectivity index (χ2v) is 2.89. The van der Waals surface area contributed by atoms with Crippen LogP contribution in [0.25, 0.3) is 0 Å². The Morgan fingerprint density at radius 2 is 1.86 bits per heavy atom. The van der Waals surface area contributed by atoms with E-state index in [4.69, 9.17) is 10.5 Å². The van der Waals surface area contributed by atoms with Crippen LogP contribution in [0.4, 0.5) is 13.2 Å². The largest absolute Gasteiger partial charge is 0.508 e. The lowest BCUT2D eigenvalue weighted by Gasteiger charge is -2.08. The highest BCUT2D eigenvalue weighted by atomic mass is 19.4. The molecule has 0 aliphatic heterocycles. The van der Waals surface area contributed by atoms with Crippen LogP contribution < -0.4 is 0 Å². The molecule has 0 saturated heterocycles. The summed E-state index contributed by atoms with van der Waals surface area (Å²) in [5.74, 6) is -0.485. The quantitative estimate of drug-likeness (QED) is 0.677. The van der Waals surface area contributed by atoms with Gasteiger partial charge >= 0.3 is 6.18 Å². The summed E-state index contributed by atoms with van der Waals surface area (Å²) in [6.45, 7) is 1.36. The van der Waals surface area contributed by atoms with E-state index in [0.29, 0.717) is 6.07 Å². The molecule has 5 heteroatoms. The molecule has 0 atom stereocenters. The molecule has 0 spiro atoms.